The SMILES string of the molecule is CCOP(=O)(/C=C/CN(OCc1ccccc1)C(=O)C(F)(F)F)OCC. The van der Waals surface area contributed by atoms with Crippen LogP contribution < -0.4 is 0 Å². The minimum atomic E-state index is -5.10. The highest BCUT2D eigenvalue weighted by Crippen LogP contribution is 2.49. The molecule has 0 atom stereocenters. The second-order valence-corrected chi connectivity index (χ2v) is 6.78. The second kappa shape index (κ2) is 10.5. The molecule has 26 heavy (non-hydrogen) atoms. The van der Waals surface area contributed by atoms with E-state index in [1.165, 1.54) is 0 Å². The number of halogens is 3. The van der Waals surface area contributed by atoms with Gasteiger partial charge < -0.3 is 9.05 Å². The highest BCUT2D eigenvalue weighted by molar-refractivity contribution is 7.57. The number of amides is 1. The van der Waals surface area contributed by atoms with E-state index in [2.05, 4.69) is 0 Å². The fourth-order valence-electron chi connectivity index (χ4n) is 1.82. The lowest BCUT2D eigenvalue weighted by Crippen LogP contribution is -2.41. The normalized spacial score (nSPS) is 12.5. The first-order valence-electron chi connectivity index (χ1n) is 7.84. The molecule has 0 radical (unpaired) electrons. The fraction of sp³-hybridized carbons (Fsp3) is 0.438. The van der Waals surface area contributed by atoms with Crippen LogP contribution in [-0.4, -0.2) is 36.9 Å². The molecule has 0 aromatic heterocycles. The maximum atomic E-state index is 12.7. The zero-order valence-electron chi connectivity index (χ0n) is 14.4. The van der Waals surface area contributed by atoms with Gasteiger partial charge in [-0.05, 0) is 19.4 Å². The van der Waals surface area contributed by atoms with Gasteiger partial charge in [-0.1, -0.05) is 36.4 Å². The maximum absolute atomic E-state index is 12.7. The number of hydrogen-bond donors (Lipinski definition) is 0. The molecule has 1 rings (SSSR count). The van der Waals surface area contributed by atoms with Crippen LogP contribution in [0.15, 0.2) is 42.2 Å². The summed E-state index contributed by atoms with van der Waals surface area (Å²) >= 11 is 0. The number of rotatable bonds is 10. The minimum absolute atomic E-state index is 0.0946. The van der Waals surface area contributed by atoms with Gasteiger partial charge in [0.15, 0.2) is 0 Å². The molecule has 6 nitrogen and oxygen atoms in total. The third-order valence-corrected chi connectivity index (χ3v) is 4.69. The molecular formula is C16H21F3NO5P. The van der Waals surface area contributed by atoms with E-state index in [-0.39, 0.29) is 24.9 Å². The quantitative estimate of drug-likeness (QED) is 0.437. The number of nitrogens with zero attached hydrogens (tertiary/aromatic N) is 1. The molecule has 0 fully saturated rings. The molecule has 0 spiro atoms. The van der Waals surface area contributed by atoms with Crippen LogP contribution >= 0.6 is 7.60 Å². The Kier molecular flexibility index (Phi) is 9.01. The topological polar surface area (TPSA) is 65.1 Å². The summed E-state index contributed by atoms with van der Waals surface area (Å²) in [7, 11) is -3.58. The zero-order chi connectivity index (χ0) is 19.6. The molecule has 0 saturated carbocycles. The van der Waals surface area contributed by atoms with E-state index in [1.807, 2.05) is 0 Å². The van der Waals surface area contributed by atoms with E-state index in [9.17, 15) is 22.5 Å². The Balaban J connectivity index is 2.83. The molecule has 1 aromatic rings. The lowest BCUT2D eigenvalue weighted by molar-refractivity contribution is -0.231. The Morgan fingerprint density at radius 3 is 2.23 bits per heavy atom. The van der Waals surface area contributed by atoms with Gasteiger partial charge in [0, 0.05) is 5.82 Å². The van der Waals surface area contributed by atoms with Crippen LogP contribution in [-0.2, 0) is 29.9 Å². The molecule has 10 heteroatoms. The van der Waals surface area contributed by atoms with Crippen LogP contribution in [0.4, 0.5) is 13.2 Å². The molecule has 1 aromatic carbocycles. The van der Waals surface area contributed by atoms with E-state index in [1.54, 1.807) is 44.2 Å². The molecule has 0 unspecified atom stereocenters. The molecular weight excluding hydrogens is 374 g/mol. The standard InChI is InChI=1S/C16H21F3NO5P/c1-3-24-26(22,25-4-2)12-8-11-20(15(21)16(17,18)19)23-13-14-9-6-5-7-10-14/h5-10,12H,3-4,11,13H2,1-2H3/b12-8+. The molecule has 146 valence electrons. The summed E-state index contributed by atoms with van der Waals surface area (Å²) in [5.41, 5.74) is 0.589. The van der Waals surface area contributed by atoms with Crippen molar-refractivity contribution in [2.75, 3.05) is 19.8 Å². The van der Waals surface area contributed by atoms with Crippen molar-refractivity contribution in [2.45, 2.75) is 26.6 Å². The van der Waals surface area contributed by atoms with Gasteiger partial charge >= 0.3 is 19.7 Å². The predicted molar refractivity (Wildman–Crippen MR) is 89.0 cm³/mol. The number of hydroxylamine groups is 2. The molecule has 0 aliphatic rings. The molecule has 0 saturated heterocycles. The van der Waals surface area contributed by atoms with Crippen molar-refractivity contribution in [3.8, 4) is 0 Å². The van der Waals surface area contributed by atoms with Crippen molar-refractivity contribution in [2.24, 2.45) is 0 Å². The maximum Gasteiger partial charge on any atom is 0.473 e. The van der Waals surface area contributed by atoms with Crippen LogP contribution in [0, 0.1) is 0 Å². The predicted octanol–water partition coefficient (Wildman–Crippen LogP) is 4.29. The van der Waals surface area contributed by atoms with E-state index in [4.69, 9.17) is 13.9 Å². The van der Waals surface area contributed by atoms with E-state index in [0.29, 0.717) is 5.56 Å². The summed E-state index contributed by atoms with van der Waals surface area (Å²) in [6.45, 7) is 2.58. The van der Waals surface area contributed by atoms with Crippen molar-refractivity contribution in [3.05, 3.63) is 47.8 Å². The van der Waals surface area contributed by atoms with Crippen LogP contribution in [0.3, 0.4) is 0 Å². The number of carbonyl (C=O) groups is 1. The van der Waals surface area contributed by atoms with Gasteiger partial charge in [-0.15, -0.1) is 0 Å². The third kappa shape index (κ3) is 7.70. The van der Waals surface area contributed by atoms with Gasteiger partial charge in [0.25, 0.3) is 0 Å². The first kappa shape index (κ1) is 22.4. The Hall–Kier alpha value is -1.67. The van der Waals surface area contributed by atoms with Gasteiger partial charge in [-0.2, -0.15) is 13.2 Å². The van der Waals surface area contributed by atoms with Crippen LogP contribution in [0.1, 0.15) is 19.4 Å². The lowest BCUT2D eigenvalue weighted by atomic mass is 10.2. The van der Waals surface area contributed by atoms with Crippen molar-refractivity contribution >= 4 is 13.5 Å². The summed E-state index contributed by atoms with van der Waals surface area (Å²) in [4.78, 5) is 16.5. The van der Waals surface area contributed by atoms with E-state index >= 15 is 0 Å². The van der Waals surface area contributed by atoms with Crippen molar-refractivity contribution < 1.29 is 36.4 Å². The van der Waals surface area contributed by atoms with Gasteiger partial charge in [0.05, 0.1) is 19.8 Å². The van der Waals surface area contributed by atoms with Crippen LogP contribution in [0.25, 0.3) is 0 Å². The third-order valence-electron chi connectivity index (χ3n) is 2.88. The van der Waals surface area contributed by atoms with E-state index < -0.39 is 26.2 Å². The smallest absolute Gasteiger partial charge is 0.306 e. The monoisotopic (exact) mass is 395 g/mol. The lowest BCUT2D eigenvalue weighted by Gasteiger charge is -2.22. The highest BCUT2D eigenvalue weighted by Gasteiger charge is 2.43. The van der Waals surface area contributed by atoms with Gasteiger partial charge in [0.1, 0.15) is 6.61 Å². The average Bonchev–Trinajstić information content (AvgIpc) is 2.58. The average molecular weight is 395 g/mol. The summed E-state index contributed by atoms with van der Waals surface area (Å²) in [5.74, 6) is -1.15. The molecule has 0 aliphatic carbocycles. The van der Waals surface area contributed by atoms with Crippen LogP contribution in [0.5, 0.6) is 0 Å². The highest BCUT2D eigenvalue weighted by atomic mass is 31.2. The summed E-state index contributed by atoms with van der Waals surface area (Å²) in [6.07, 6.45) is -4.02. The van der Waals surface area contributed by atoms with Gasteiger partial charge in [0.2, 0.25) is 0 Å². The molecule has 0 aliphatic heterocycles. The Morgan fingerprint density at radius 1 is 1.15 bits per heavy atom. The zero-order valence-corrected chi connectivity index (χ0v) is 15.3. The Morgan fingerprint density at radius 2 is 1.73 bits per heavy atom. The number of carbonyl (C=O) groups excluding carboxylic acids is 1. The number of alkyl halides is 3. The molecule has 0 heterocycles. The molecule has 1 amide bonds. The van der Waals surface area contributed by atoms with Gasteiger partial charge in [-0.25, -0.2) is 5.06 Å². The van der Waals surface area contributed by atoms with Crippen LogP contribution in [0.2, 0.25) is 0 Å². The second-order valence-electron chi connectivity index (χ2n) is 4.88. The van der Waals surface area contributed by atoms with Crippen molar-refractivity contribution in [1.82, 2.24) is 5.06 Å². The minimum Gasteiger partial charge on any atom is -0.306 e. The van der Waals surface area contributed by atoms with Crippen molar-refractivity contribution in [1.29, 1.82) is 0 Å². The first-order valence-corrected chi connectivity index (χ1v) is 9.45. The summed E-state index contributed by atoms with van der Waals surface area (Å²) in [6, 6.07) is 8.41. The van der Waals surface area contributed by atoms with Gasteiger partial charge in [-0.3, -0.25) is 14.2 Å². The largest absolute Gasteiger partial charge is 0.473 e. The Bertz CT molecular complexity index is 627. The number of hydrogen-bond acceptors (Lipinski definition) is 5. The first-order chi connectivity index (χ1) is 12.2. The summed E-state index contributed by atoms with van der Waals surface area (Å²) < 4.78 is 60.4. The summed E-state index contributed by atoms with van der Waals surface area (Å²) in [5, 5.41) is 0.158. The van der Waals surface area contributed by atoms with E-state index in [0.717, 1.165) is 11.9 Å². The van der Waals surface area contributed by atoms with Crippen molar-refractivity contribution in [3.63, 3.8) is 0 Å². The number of benzene rings is 1. The molecule has 0 bridgehead atoms. The fourth-order valence-corrected chi connectivity index (χ4v) is 3.14. The Labute approximate surface area is 150 Å². The molecule has 0 N–H and O–H groups in total.